The lowest BCUT2D eigenvalue weighted by molar-refractivity contribution is -0.129. The van der Waals surface area contributed by atoms with Crippen LogP contribution in [-0.2, 0) is 4.79 Å². The molecule has 2 aromatic rings. The SMILES string of the molecule is COc1ccccc1C1SCC(=O)N1CC(O)c1ccccc1. The predicted molar refractivity (Wildman–Crippen MR) is 91.3 cm³/mol. The third kappa shape index (κ3) is 3.35. The van der Waals surface area contributed by atoms with E-state index in [1.807, 2.05) is 54.6 Å². The number of ether oxygens (including phenoxy) is 1. The average Bonchev–Trinajstić information content (AvgIpc) is 2.96. The maximum Gasteiger partial charge on any atom is 0.233 e. The fourth-order valence-corrected chi connectivity index (χ4v) is 3.97. The zero-order valence-electron chi connectivity index (χ0n) is 12.9. The molecule has 1 saturated heterocycles. The minimum Gasteiger partial charge on any atom is -0.496 e. The van der Waals surface area contributed by atoms with Gasteiger partial charge in [-0.1, -0.05) is 48.5 Å². The first-order chi connectivity index (χ1) is 11.2. The summed E-state index contributed by atoms with van der Waals surface area (Å²) in [5, 5.41) is 10.3. The van der Waals surface area contributed by atoms with Crippen molar-refractivity contribution in [3.8, 4) is 5.75 Å². The molecule has 0 saturated carbocycles. The highest BCUT2D eigenvalue weighted by molar-refractivity contribution is 8.00. The van der Waals surface area contributed by atoms with Crippen molar-refractivity contribution in [2.45, 2.75) is 11.5 Å². The molecule has 120 valence electrons. The van der Waals surface area contributed by atoms with Crippen molar-refractivity contribution >= 4 is 17.7 Å². The first-order valence-electron chi connectivity index (χ1n) is 7.47. The van der Waals surface area contributed by atoms with Crippen LogP contribution in [0.15, 0.2) is 54.6 Å². The minimum atomic E-state index is -0.698. The number of methoxy groups -OCH3 is 1. The lowest BCUT2D eigenvalue weighted by atomic mass is 10.1. The van der Waals surface area contributed by atoms with Crippen molar-refractivity contribution in [1.29, 1.82) is 0 Å². The molecule has 23 heavy (non-hydrogen) atoms. The maximum absolute atomic E-state index is 12.3. The molecule has 0 spiro atoms. The second kappa shape index (κ2) is 7.06. The fourth-order valence-electron chi connectivity index (χ4n) is 2.75. The number of aliphatic hydroxyl groups excluding tert-OH is 1. The Morgan fingerprint density at radius 2 is 1.91 bits per heavy atom. The number of aliphatic hydroxyl groups is 1. The molecule has 4 nitrogen and oxygen atoms in total. The van der Waals surface area contributed by atoms with Gasteiger partial charge in [-0.3, -0.25) is 4.79 Å². The zero-order valence-corrected chi connectivity index (χ0v) is 13.7. The van der Waals surface area contributed by atoms with E-state index in [1.54, 1.807) is 23.8 Å². The van der Waals surface area contributed by atoms with Gasteiger partial charge in [0.25, 0.3) is 0 Å². The van der Waals surface area contributed by atoms with Gasteiger partial charge in [-0.05, 0) is 11.6 Å². The van der Waals surface area contributed by atoms with E-state index in [1.165, 1.54) is 0 Å². The zero-order chi connectivity index (χ0) is 16.2. The molecule has 0 bridgehead atoms. The Morgan fingerprint density at radius 1 is 1.22 bits per heavy atom. The summed E-state index contributed by atoms with van der Waals surface area (Å²) >= 11 is 1.56. The smallest absolute Gasteiger partial charge is 0.233 e. The standard InChI is InChI=1S/C18H19NO3S/c1-22-16-10-6-5-9-14(16)18-19(17(21)12-23-18)11-15(20)13-7-3-2-4-8-13/h2-10,15,18,20H,11-12H2,1H3. The highest BCUT2D eigenvalue weighted by Gasteiger charge is 2.35. The normalized spacial score (nSPS) is 19.0. The van der Waals surface area contributed by atoms with Gasteiger partial charge >= 0.3 is 0 Å². The first kappa shape index (κ1) is 15.9. The predicted octanol–water partition coefficient (Wildman–Crippen LogP) is 3.00. The number of para-hydroxylation sites is 1. The van der Waals surface area contributed by atoms with Crippen LogP contribution in [-0.4, -0.2) is 35.3 Å². The number of β-amino-alcohol motifs (C(OH)–C–C–N with tert-alkyl or cyclic N) is 1. The average molecular weight is 329 g/mol. The molecule has 1 heterocycles. The lowest BCUT2D eigenvalue weighted by Gasteiger charge is -2.27. The van der Waals surface area contributed by atoms with E-state index in [2.05, 4.69) is 0 Å². The van der Waals surface area contributed by atoms with Crippen molar-refractivity contribution in [3.63, 3.8) is 0 Å². The molecule has 0 aromatic heterocycles. The van der Waals surface area contributed by atoms with Crippen LogP contribution in [0.25, 0.3) is 0 Å². The van der Waals surface area contributed by atoms with Gasteiger partial charge in [0.15, 0.2) is 0 Å². The fraction of sp³-hybridized carbons (Fsp3) is 0.278. The molecule has 2 atom stereocenters. The highest BCUT2D eigenvalue weighted by atomic mass is 32.2. The van der Waals surface area contributed by atoms with E-state index in [0.717, 1.165) is 16.9 Å². The van der Waals surface area contributed by atoms with Crippen LogP contribution in [0.5, 0.6) is 5.75 Å². The molecular formula is C18H19NO3S. The summed E-state index contributed by atoms with van der Waals surface area (Å²) in [5.41, 5.74) is 1.78. The third-order valence-corrected chi connectivity index (χ3v) is 5.16. The summed E-state index contributed by atoms with van der Waals surface area (Å²) in [6.45, 7) is 0.276. The number of hydrogen-bond acceptors (Lipinski definition) is 4. The molecule has 0 aliphatic carbocycles. The lowest BCUT2D eigenvalue weighted by Crippen LogP contribution is -2.32. The molecule has 1 aliphatic heterocycles. The van der Waals surface area contributed by atoms with Crippen molar-refractivity contribution in [1.82, 2.24) is 4.90 Å². The number of benzene rings is 2. The highest BCUT2D eigenvalue weighted by Crippen LogP contribution is 2.42. The Hall–Kier alpha value is -1.98. The largest absolute Gasteiger partial charge is 0.496 e. The quantitative estimate of drug-likeness (QED) is 0.916. The van der Waals surface area contributed by atoms with E-state index in [0.29, 0.717) is 5.75 Å². The summed E-state index contributed by atoms with van der Waals surface area (Å²) < 4.78 is 5.42. The van der Waals surface area contributed by atoms with E-state index in [-0.39, 0.29) is 17.8 Å². The molecule has 1 amide bonds. The van der Waals surface area contributed by atoms with Crippen LogP contribution in [0.1, 0.15) is 22.6 Å². The number of thioether (sulfide) groups is 1. The summed E-state index contributed by atoms with van der Waals surface area (Å²) in [4.78, 5) is 14.0. The molecule has 0 radical (unpaired) electrons. The second-order valence-corrected chi connectivity index (χ2v) is 6.45. The molecule has 5 heteroatoms. The number of rotatable bonds is 5. The van der Waals surface area contributed by atoms with Crippen LogP contribution in [0, 0.1) is 0 Å². The Balaban J connectivity index is 1.83. The van der Waals surface area contributed by atoms with Gasteiger partial charge in [0.1, 0.15) is 11.1 Å². The van der Waals surface area contributed by atoms with Crippen molar-refractivity contribution < 1.29 is 14.6 Å². The van der Waals surface area contributed by atoms with Crippen molar-refractivity contribution in [2.24, 2.45) is 0 Å². The number of carbonyl (C=O) groups is 1. The van der Waals surface area contributed by atoms with Crippen LogP contribution in [0.4, 0.5) is 0 Å². The van der Waals surface area contributed by atoms with Crippen molar-refractivity contribution in [2.75, 3.05) is 19.4 Å². The van der Waals surface area contributed by atoms with E-state index < -0.39 is 6.10 Å². The Labute approximate surface area is 140 Å². The third-order valence-electron chi connectivity index (χ3n) is 3.93. The molecule has 1 N–H and O–H groups in total. The number of carbonyl (C=O) groups excluding carboxylic acids is 1. The summed E-state index contributed by atoms with van der Waals surface area (Å²) in [5.74, 6) is 1.23. The van der Waals surface area contributed by atoms with Crippen molar-refractivity contribution in [3.05, 3.63) is 65.7 Å². The summed E-state index contributed by atoms with van der Waals surface area (Å²) in [7, 11) is 1.63. The van der Waals surface area contributed by atoms with Gasteiger partial charge in [-0.2, -0.15) is 0 Å². The molecular weight excluding hydrogens is 310 g/mol. The second-order valence-electron chi connectivity index (χ2n) is 5.38. The molecule has 2 aromatic carbocycles. The first-order valence-corrected chi connectivity index (χ1v) is 8.52. The van der Waals surface area contributed by atoms with E-state index in [4.69, 9.17) is 4.74 Å². The van der Waals surface area contributed by atoms with Crippen LogP contribution >= 0.6 is 11.8 Å². The van der Waals surface area contributed by atoms with E-state index in [9.17, 15) is 9.90 Å². The van der Waals surface area contributed by atoms with Gasteiger partial charge in [0.05, 0.1) is 25.5 Å². The number of hydrogen-bond donors (Lipinski definition) is 1. The van der Waals surface area contributed by atoms with E-state index >= 15 is 0 Å². The topological polar surface area (TPSA) is 49.8 Å². The monoisotopic (exact) mass is 329 g/mol. The molecule has 2 unspecified atom stereocenters. The van der Waals surface area contributed by atoms with Crippen LogP contribution in [0.3, 0.4) is 0 Å². The summed E-state index contributed by atoms with van der Waals surface area (Å²) in [6.07, 6.45) is -0.698. The maximum atomic E-state index is 12.3. The van der Waals surface area contributed by atoms with Crippen LogP contribution < -0.4 is 4.74 Å². The number of nitrogens with zero attached hydrogens (tertiary/aromatic N) is 1. The Bertz CT molecular complexity index is 677. The van der Waals surface area contributed by atoms with Gasteiger partial charge in [0, 0.05) is 5.56 Å². The Kier molecular flexibility index (Phi) is 4.88. The van der Waals surface area contributed by atoms with Gasteiger partial charge in [-0.15, -0.1) is 11.8 Å². The molecule has 1 aliphatic rings. The summed E-state index contributed by atoms with van der Waals surface area (Å²) in [6, 6.07) is 17.1. The molecule has 3 rings (SSSR count). The van der Waals surface area contributed by atoms with Gasteiger partial charge in [-0.25, -0.2) is 0 Å². The van der Waals surface area contributed by atoms with Crippen LogP contribution in [0.2, 0.25) is 0 Å². The molecule has 1 fully saturated rings. The van der Waals surface area contributed by atoms with Gasteiger partial charge < -0.3 is 14.7 Å². The minimum absolute atomic E-state index is 0.0425. The van der Waals surface area contributed by atoms with Gasteiger partial charge in [0.2, 0.25) is 5.91 Å². The number of amides is 1. The Morgan fingerprint density at radius 3 is 2.65 bits per heavy atom.